The number of hydrogen-bond donors (Lipinski definition) is 3. The molecular formula is C9H13N3O2S. The molecule has 0 aliphatic rings. The molecule has 0 saturated heterocycles. The van der Waals surface area contributed by atoms with Crippen LogP contribution in [0.1, 0.15) is 10.4 Å². The van der Waals surface area contributed by atoms with E-state index in [0.29, 0.717) is 6.54 Å². The molecule has 0 aliphatic heterocycles. The molecule has 1 heterocycles. The Kier molecular flexibility index (Phi) is 4.26. The van der Waals surface area contributed by atoms with E-state index in [4.69, 9.17) is 5.73 Å². The monoisotopic (exact) mass is 227 g/mol. The molecule has 0 radical (unpaired) electrons. The van der Waals surface area contributed by atoms with E-state index in [2.05, 4.69) is 5.32 Å². The molecule has 15 heavy (non-hydrogen) atoms. The van der Waals surface area contributed by atoms with Crippen molar-refractivity contribution in [2.75, 3.05) is 6.54 Å². The molecule has 1 aromatic heterocycles. The lowest BCUT2D eigenvalue weighted by molar-refractivity contribution is -0.119. The SMILES string of the molecule is Cc1ccsc1CNCC(=O)NC(N)=O. The smallest absolute Gasteiger partial charge is 0.318 e. The number of urea groups is 1. The first-order valence-corrected chi connectivity index (χ1v) is 5.30. The van der Waals surface area contributed by atoms with Gasteiger partial charge in [-0.2, -0.15) is 0 Å². The third-order valence-corrected chi connectivity index (χ3v) is 2.82. The Hall–Kier alpha value is -1.40. The molecule has 5 nitrogen and oxygen atoms in total. The standard InChI is InChI=1S/C9H13N3O2S/c1-6-2-3-15-7(6)4-11-5-8(13)12-9(10)14/h2-3,11H,4-5H2,1H3,(H3,10,12,13,14). The highest BCUT2D eigenvalue weighted by molar-refractivity contribution is 7.10. The molecule has 3 amide bonds. The Labute approximate surface area is 91.7 Å². The lowest BCUT2D eigenvalue weighted by atomic mass is 10.3. The average Bonchev–Trinajstić information content (AvgIpc) is 2.50. The van der Waals surface area contributed by atoms with Gasteiger partial charge >= 0.3 is 6.03 Å². The summed E-state index contributed by atoms with van der Waals surface area (Å²) in [6.45, 7) is 2.72. The summed E-state index contributed by atoms with van der Waals surface area (Å²) in [7, 11) is 0. The molecule has 0 saturated carbocycles. The third-order valence-electron chi connectivity index (χ3n) is 1.80. The summed E-state index contributed by atoms with van der Waals surface area (Å²) in [5.41, 5.74) is 5.98. The van der Waals surface area contributed by atoms with Crippen LogP contribution in [-0.2, 0) is 11.3 Å². The Morgan fingerprint density at radius 2 is 2.27 bits per heavy atom. The zero-order valence-corrected chi connectivity index (χ0v) is 9.19. The summed E-state index contributed by atoms with van der Waals surface area (Å²) in [5.74, 6) is -0.420. The van der Waals surface area contributed by atoms with Gasteiger partial charge in [-0.15, -0.1) is 11.3 Å². The van der Waals surface area contributed by atoms with E-state index in [1.165, 1.54) is 10.4 Å². The van der Waals surface area contributed by atoms with Crippen LogP contribution in [0.25, 0.3) is 0 Å². The van der Waals surface area contributed by atoms with Crippen molar-refractivity contribution in [2.24, 2.45) is 5.73 Å². The zero-order chi connectivity index (χ0) is 11.3. The summed E-state index contributed by atoms with van der Waals surface area (Å²) < 4.78 is 0. The van der Waals surface area contributed by atoms with E-state index in [1.54, 1.807) is 11.3 Å². The molecule has 0 aliphatic carbocycles. The largest absolute Gasteiger partial charge is 0.351 e. The van der Waals surface area contributed by atoms with Crippen LogP contribution in [-0.4, -0.2) is 18.5 Å². The van der Waals surface area contributed by atoms with Gasteiger partial charge < -0.3 is 11.1 Å². The first-order valence-electron chi connectivity index (χ1n) is 4.42. The normalized spacial score (nSPS) is 9.93. The van der Waals surface area contributed by atoms with Crippen LogP contribution in [0.5, 0.6) is 0 Å². The number of aryl methyl sites for hydroxylation is 1. The van der Waals surface area contributed by atoms with Crippen LogP contribution in [0.15, 0.2) is 11.4 Å². The molecule has 4 N–H and O–H groups in total. The highest BCUT2D eigenvalue weighted by Crippen LogP contribution is 2.14. The van der Waals surface area contributed by atoms with Crippen molar-refractivity contribution in [1.82, 2.24) is 10.6 Å². The lowest BCUT2D eigenvalue weighted by Crippen LogP contribution is -2.40. The van der Waals surface area contributed by atoms with Gasteiger partial charge in [0.2, 0.25) is 5.91 Å². The van der Waals surface area contributed by atoms with Gasteiger partial charge in [-0.1, -0.05) is 0 Å². The van der Waals surface area contributed by atoms with Crippen molar-refractivity contribution in [3.8, 4) is 0 Å². The Morgan fingerprint density at radius 1 is 1.53 bits per heavy atom. The van der Waals surface area contributed by atoms with Crippen LogP contribution in [0.3, 0.4) is 0 Å². The van der Waals surface area contributed by atoms with E-state index in [-0.39, 0.29) is 6.54 Å². The minimum atomic E-state index is -0.825. The molecule has 6 heteroatoms. The van der Waals surface area contributed by atoms with Crippen LogP contribution in [0.2, 0.25) is 0 Å². The second kappa shape index (κ2) is 5.47. The minimum absolute atomic E-state index is 0.0836. The number of carbonyl (C=O) groups excluding carboxylic acids is 2. The van der Waals surface area contributed by atoms with Crippen LogP contribution >= 0.6 is 11.3 Å². The van der Waals surface area contributed by atoms with E-state index in [1.807, 2.05) is 23.7 Å². The molecule has 0 unspecified atom stereocenters. The number of thiophene rings is 1. The van der Waals surface area contributed by atoms with Gasteiger partial charge in [0, 0.05) is 11.4 Å². The van der Waals surface area contributed by atoms with Gasteiger partial charge in [0.1, 0.15) is 0 Å². The average molecular weight is 227 g/mol. The molecule has 82 valence electrons. The summed E-state index contributed by atoms with van der Waals surface area (Å²) in [6, 6.07) is 1.19. The number of carbonyl (C=O) groups is 2. The highest BCUT2D eigenvalue weighted by Gasteiger charge is 2.04. The first kappa shape index (κ1) is 11.7. The van der Waals surface area contributed by atoms with Gasteiger partial charge in [0.25, 0.3) is 0 Å². The molecule has 0 fully saturated rings. The van der Waals surface area contributed by atoms with Gasteiger partial charge in [-0.05, 0) is 23.9 Å². The van der Waals surface area contributed by atoms with Crippen LogP contribution < -0.4 is 16.4 Å². The van der Waals surface area contributed by atoms with Crippen molar-refractivity contribution in [2.45, 2.75) is 13.5 Å². The van der Waals surface area contributed by atoms with Crippen LogP contribution in [0.4, 0.5) is 4.79 Å². The Bertz CT molecular complexity index is 362. The van der Waals surface area contributed by atoms with E-state index >= 15 is 0 Å². The van der Waals surface area contributed by atoms with Gasteiger partial charge in [0.05, 0.1) is 6.54 Å². The maximum Gasteiger partial charge on any atom is 0.318 e. The first-order chi connectivity index (χ1) is 7.09. The number of imide groups is 1. The molecule has 1 rings (SSSR count). The van der Waals surface area contributed by atoms with Gasteiger partial charge in [-0.3, -0.25) is 10.1 Å². The number of nitrogens with two attached hydrogens (primary N) is 1. The van der Waals surface area contributed by atoms with Crippen molar-refractivity contribution in [3.05, 3.63) is 21.9 Å². The van der Waals surface area contributed by atoms with Crippen molar-refractivity contribution in [1.29, 1.82) is 0 Å². The number of amides is 3. The molecule has 0 aromatic carbocycles. The number of hydrogen-bond acceptors (Lipinski definition) is 4. The zero-order valence-electron chi connectivity index (χ0n) is 8.37. The van der Waals surface area contributed by atoms with Crippen molar-refractivity contribution in [3.63, 3.8) is 0 Å². The predicted octanol–water partition coefficient (Wildman–Crippen LogP) is 0.341. The minimum Gasteiger partial charge on any atom is -0.351 e. The van der Waals surface area contributed by atoms with E-state index in [9.17, 15) is 9.59 Å². The van der Waals surface area contributed by atoms with E-state index < -0.39 is 11.9 Å². The summed E-state index contributed by atoms with van der Waals surface area (Å²) in [5, 5.41) is 6.90. The molecule has 0 atom stereocenters. The van der Waals surface area contributed by atoms with Crippen molar-refractivity contribution >= 4 is 23.3 Å². The highest BCUT2D eigenvalue weighted by atomic mass is 32.1. The summed E-state index contributed by atoms with van der Waals surface area (Å²) in [4.78, 5) is 22.5. The molecule has 1 aromatic rings. The Morgan fingerprint density at radius 3 is 2.80 bits per heavy atom. The number of primary amides is 1. The fraction of sp³-hybridized carbons (Fsp3) is 0.333. The molecular weight excluding hydrogens is 214 g/mol. The Balaban J connectivity index is 2.25. The fourth-order valence-electron chi connectivity index (χ4n) is 1.06. The molecule has 0 spiro atoms. The maximum atomic E-state index is 11.0. The second-order valence-corrected chi connectivity index (χ2v) is 4.04. The topological polar surface area (TPSA) is 84.2 Å². The number of rotatable bonds is 4. The lowest BCUT2D eigenvalue weighted by Gasteiger charge is -2.03. The van der Waals surface area contributed by atoms with Gasteiger partial charge in [-0.25, -0.2) is 4.79 Å². The summed E-state index contributed by atoms with van der Waals surface area (Å²) >= 11 is 1.63. The predicted molar refractivity (Wildman–Crippen MR) is 58.5 cm³/mol. The maximum absolute atomic E-state index is 11.0. The summed E-state index contributed by atoms with van der Waals surface area (Å²) in [6.07, 6.45) is 0. The van der Waals surface area contributed by atoms with Crippen molar-refractivity contribution < 1.29 is 9.59 Å². The van der Waals surface area contributed by atoms with Crippen LogP contribution in [0, 0.1) is 6.92 Å². The quantitative estimate of drug-likeness (QED) is 0.693. The third kappa shape index (κ3) is 4.09. The second-order valence-electron chi connectivity index (χ2n) is 3.04. The fourth-order valence-corrected chi connectivity index (χ4v) is 1.93. The molecule has 0 bridgehead atoms. The van der Waals surface area contributed by atoms with E-state index in [0.717, 1.165) is 0 Å². The van der Waals surface area contributed by atoms with Gasteiger partial charge in [0.15, 0.2) is 0 Å². The number of nitrogens with one attached hydrogen (secondary N) is 2.